The van der Waals surface area contributed by atoms with Crippen molar-refractivity contribution in [3.63, 3.8) is 0 Å². The summed E-state index contributed by atoms with van der Waals surface area (Å²) in [5.41, 5.74) is 1.71. The maximum absolute atomic E-state index is 10.7. The lowest BCUT2D eigenvalue weighted by molar-refractivity contribution is -0.137. The lowest BCUT2D eigenvalue weighted by Crippen LogP contribution is -2.27. The SMILES string of the molecule is COCCCN(CCC(=O)O)Cc1ccc(C#N)cc1. The van der Waals surface area contributed by atoms with E-state index in [1.54, 1.807) is 19.2 Å². The molecule has 0 saturated heterocycles. The number of nitrogens with zero attached hydrogens (tertiary/aromatic N) is 2. The molecule has 108 valence electrons. The van der Waals surface area contributed by atoms with Gasteiger partial charge in [0, 0.05) is 33.4 Å². The summed E-state index contributed by atoms with van der Waals surface area (Å²) in [4.78, 5) is 12.8. The average Bonchev–Trinajstić information content (AvgIpc) is 2.45. The molecular formula is C15H20N2O3. The van der Waals surface area contributed by atoms with E-state index in [4.69, 9.17) is 15.1 Å². The highest BCUT2D eigenvalue weighted by Crippen LogP contribution is 2.08. The molecule has 1 aromatic carbocycles. The Labute approximate surface area is 119 Å². The molecule has 0 fully saturated rings. The molecule has 0 aliphatic heterocycles. The molecule has 0 bridgehead atoms. The monoisotopic (exact) mass is 276 g/mol. The number of ether oxygens (including phenoxy) is 1. The highest BCUT2D eigenvalue weighted by Gasteiger charge is 2.08. The summed E-state index contributed by atoms with van der Waals surface area (Å²) in [6.45, 7) is 2.65. The Bertz CT molecular complexity index is 451. The van der Waals surface area contributed by atoms with Gasteiger partial charge in [0.15, 0.2) is 0 Å². The van der Waals surface area contributed by atoms with Crippen molar-refractivity contribution in [3.05, 3.63) is 35.4 Å². The Morgan fingerprint density at radius 2 is 2.05 bits per heavy atom. The highest BCUT2D eigenvalue weighted by molar-refractivity contribution is 5.66. The first kappa shape index (κ1) is 16.2. The van der Waals surface area contributed by atoms with Gasteiger partial charge in [-0.2, -0.15) is 5.26 Å². The molecular weight excluding hydrogens is 256 g/mol. The number of carbonyl (C=O) groups is 1. The lowest BCUT2D eigenvalue weighted by atomic mass is 10.1. The van der Waals surface area contributed by atoms with Crippen molar-refractivity contribution in [2.75, 3.05) is 26.8 Å². The van der Waals surface area contributed by atoms with Gasteiger partial charge >= 0.3 is 5.97 Å². The van der Waals surface area contributed by atoms with Crippen molar-refractivity contribution in [2.24, 2.45) is 0 Å². The summed E-state index contributed by atoms with van der Waals surface area (Å²) < 4.78 is 5.02. The van der Waals surface area contributed by atoms with Gasteiger partial charge < -0.3 is 9.84 Å². The van der Waals surface area contributed by atoms with Gasteiger partial charge in [0.1, 0.15) is 0 Å². The van der Waals surface area contributed by atoms with Gasteiger partial charge in [-0.25, -0.2) is 0 Å². The number of hydrogen-bond donors (Lipinski definition) is 1. The zero-order valence-electron chi connectivity index (χ0n) is 11.7. The number of aliphatic carboxylic acids is 1. The first-order valence-corrected chi connectivity index (χ1v) is 6.58. The zero-order chi connectivity index (χ0) is 14.8. The van der Waals surface area contributed by atoms with Gasteiger partial charge in [-0.1, -0.05) is 12.1 Å². The third kappa shape index (κ3) is 6.32. The maximum Gasteiger partial charge on any atom is 0.304 e. The number of rotatable bonds is 9. The number of hydrogen-bond acceptors (Lipinski definition) is 4. The van der Waals surface area contributed by atoms with E-state index in [9.17, 15) is 4.79 Å². The van der Waals surface area contributed by atoms with Crippen molar-refractivity contribution in [1.82, 2.24) is 4.90 Å². The third-order valence-electron chi connectivity index (χ3n) is 2.95. The van der Waals surface area contributed by atoms with Crippen molar-refractivity contribution < 1.29 is 14.6 Å². The van der Waals surface area contributed by atoms with E-state index in [1.807, 2.05) is 12.1 Å². The summed E-state index contributed by atoms with van der Waals surface area (Å²) in [5, 5.41) is 17.5. The van der Waals surface area contributed by atoms with Gasteiger partial charge in [-0.3, -0.25) is 9.69 Å². The Morgan fingerprint density at radius 3 is 2.60 bits per heavy atom. The van der Waals surface area contributed by atoms with Crippen LogP contribution < -0.4 is 0 Å². The van der Waals surface area contributed by atoms with Crippen LogP contribution in [0.4, 0.5) is 0 Å². The maximum atomic E-state index is 10.7. The predicted molar refractivity (Wildman–Crippen MR) is 75.2 cm³/mol. The molecule has 0 saturated carbocycles. The summed E-state index contributed by atoms with van der Waals surface area (Å²) >= 11 is 0. The summed E-state index contributed by atoms with van der Waals surface area (Å²) in [7, 11) is 1.65. The summed E-state index contributed by atoms with van der Waals surface area (Å²) in [5.74, 6) is -0.790. The van der Waals surface area contributed by atoms with Crippen LogP contribution >= 0.6 is 0 Å². The van der Waals surface area contributed by atoms with Crippen LogP contribution in [0.5, 0.6) is 0 Å². The molecule has 0 aromatic heterocycles. The van der Waals surface area contributed by atoms with E-state index in [1.165, 1.54) is 0 Å². The number of carboxylic acids is 1. The first-order chi connectivity index (χ1) is 9.65. The largest absolute Gasteiger partial charge is 0.481 e. The second kappa shape index (κ2) is 9.08. The Kier molecular flexibility index (Phi) is 7.33. The fourth-order valence-electron chi connectivity index (χ4n) is 1.90. The Morgan fingerprint density at radius 1 is 1.35 bits per heavy atom. The fraction of sp³-hybridized carbons (Fsp3) is 0.467. The molecule has 5 heteroatoms. The van der Waals surface area contributed by atoms with Crippen molar-refractivity contribution in [2.45, 2.75) is 19.4 Å². The van der Waals surface area contributed by atoms with E-state index >= 15 is 0 Å². The minimum atomic E-state index is -0.790. The average molecular weight is 276 g/mol. The molecule has 0 amide bonds. The minimum Gasteiger partial charge on any atom is -0.481 e. The van der Waals surface area contributed by atoms with Gasteiger partial charge in [-0.05, 0) is 24.1 Å². The fourth-order valence-corrected chi connectivity index (χ4v) is 1.90. The number of nitriles is 1. The molecule has 0 heterocycles. The van der Waals surface area contributed by atoms with E-state index in [0.29, 0.717) is 25.3 Å². The standard InChI is InChI=1S/C15H20N2O3/c1-20-10-2-8-17(9-7-15(18)19)12-14-5-3-13(11-16)4-6-14/h3-6H,2,7-10,12H2,1H3,(H,18,19). The van der Waals surface area contributed by atoms with Crippen LogP contribution in [0.3, 0.4) is 0 Å². The topological polar surface area (TPSA) is 73.6 Å². The molecule has 0 unspecified atom stereocenters. The molecule has 0 aliphatic rings. The van der Waals surface area contributed by atoms with Crippen LogP contribution in [0.25, 0.3) is 0 Å². The number of carboxylic acid groups (broad SMARTS) is 1. The van der Waals surface area contributed by atoms with Crippen molar-refractivity contribution in [3.8, 4) is 6.07 Å². The second-order valence-electron chi connectivity index (χ2n) is 4.57. The van der Waals surface area contributed by atoms with Crippen LogP contribution in [-0.4, -0.2) is 42.8 Å². The minimum absolute atomic E-state index is 0.128. The van der Waals surface area contributed by atoms with Crippen LogP contribution in [0.2, 0.25) is 0 Å². The molecule has 0 aliphatic carbocycles. The van der Waals surface area contributed by atoms with Crippen LogP contribution in [0.15, 0.2) is 24.3 Å². The third-order valence-corrected chi connectivity index (χ3v) is 2.95. The van der Waals surface area contributed by atoms with Gasteiger partial charge in [0.2, 0.25) is 0 Å². The van der Waals surface area contributed by atoms with E-state index in [0.717, 1.165) is 18.5 Å². The van der Waals surface area contributed by atoms with E-state index in [2.05, 4.69) is 11.0 Å². The zero-order valence-corrected chi connectivity index (χ0v) is 11.7. The molecule has 0 radical (unpaired) electrons. The number of methoxy groups -OCH3 is 1. The highest BCUT2D eigenvalue weighted by atomic mass is 16.5. The van der Waals surface area contributed by atoms with E-state index < -0.39 is 5.97 Å². The van der Waals surface area contributed by atoms with Crippen molar-refractivity contribution >= 4 is 5.97 Å². The summed E-state index contributed by atoms with van der Waals surface area (Å²) in [6, 6.07) is 9.45. The van der Waals surface area contributed by atoms with Gasteiger partial charge in [0.05, 0.1) is 18.1 Å². The van der Waals surface area contributed by atoms with Crippen LogP contribution in [0.1, 0.15) is 24.0 Å². The van der Waals surface area contributed by atoms with Gasteiger partial charge in [0.25, 0.3) is 0 Å². The Balaban J connectivity index is 2.56. The first-order valence-electron chi connectivity index (χ1n) is 6.58. The normalized spacial score (nSPS) is 10.4. The molecule has 1 rings (SSSR count). The van der Waals surface area contributed by atoms with Gasteiger partial charge in [-0.15, -0.1) is 0 Å². The molecule has 0 spiro atoms. The predicted octanol–water partition coefficient (Wildman–Crippen LogP) is 1.87. The molecule has 0 atom stereocenters. The van der Waals surface area contributed by atoms with Crippen LogP contribution in [0, 0.1) is 11.3 Å². The quantitative estimate of drug-likeness (QED) is 0.697. The number of benzene rings is 1. The molecule has 20 heavy (non-hydrogen) atoms. The van der Waals surface area contributed by atoms with E-state index in [-0.39, 0.29) is 6.42 Å². The second-order valence-corrected chi connectivity index (χ2v) is 4.57. The summed E-state index contributed by atoms with van der Waals surface area (Å²) in [6.07, 6.45) is 0.996. The molecule has 1 N–H and O–H groups in total. The Hall–Kier alpha value is -1.90. The van der Waals surface area contributed by atoms with Crippen LogP contribution in [-0.2, 0) is 16.1 Å². The smallest absolute Gasteiger partial charge is 0.304 e. The molecule has 1 aromatic rings. The van der Waals surface area contributed by atoms with Crippen molar-refractivity contribution in [1.29, 1.82) is 5.26 Å². The lowest BCUT2D eigenvalue weighted by Gasteiger charge is -2.21. The molecule has 5 nitrogen and oxygen atoms in total.